The van der Waals surface area contributed by atoms with Gasteiger partial charge in [-0.3, -0.25) is 10.1 Å². The van der Waals surface area contributed by atoms with Crippen LogP contribution in [-0.2, 0) is 13.1 Å². The van der Waals surface area contributed by atoms with Crippen molar-refractivity contribution in [2.75, 3.05) is 7.11 Å². The van der Waals surface area contributed by atoms with Gasteiger partial charge in [0.15, 0.2) is 0 Å². The molecule has 21 heavy (non-hydrogen) atoms. The van der Waals surface area contributed by atoms with Crippen molar-refractivity contribution >= 4 is 21.6 Å². The van der Waals surface area contributed by atoms with E-state index in [9.17, 15) is 10.1 Å². The third-order valence-electron chi connectivity index (χ3n) is 2.99. The molecule has 0 radical (unpaired) electrons. The topological polar surface area (TPSA) is 64.4 Å². The number of para-hydroxylation sites is 1. The van der Waals surface area contributed by atoms with Crippen molar-refractivity contribution in [3.63, 3.8) is 0 Å². The van der Waals surface area contributed by atoms with Gasteiger partial charge in [0.05, 0.1) is 12.0 Å². The van der Waals surface area contributed by atoms with Gasteiger partial charge in [-0.05, 0) is 17.7 Å². The number of hydrogen-bond acceptors (Lipinski definition) is 4. The third kappa shape index (κ3) is 4.27. The van der Waals surface area contributed by atoms with Gasteiger partial charge >= 0.3 is 0 Å². The van der Waals surface area contributed by atoms with Gasteiger partial charge in [-0.1, -0.05) is 34.1 Å². The van der Waals surface area contributed by atoms with Crippen molar-refractivity contribution in [2.45, 2.75) is 13.1 Å². The zero-order valence-electron chi connectivity index (χ0n) is 11.5. The lowest BCUT2D eigenvalue weighted by molar-refractivity contribution is -0.385. The molecule has 6 heteroatoms. The van der Waals surface area contributed by atoms with Gasteiger partial charge in [0.2, 0.25) is 0 Å². The quantitative estimate of drug-likeness (QED) is 0.637. The number of halogens is 1. The van der Waals surface area contributed by atoms with Crippen LogP contribution in [0.5, 0.6) is 5.75 Å². The molecule has 2 rings (SSSR count). The number of ether oxygens (including phenoxy) is 1. The highest BCUT2D eigenvalue weighted by Crippen LogP contribution is 2.22. The lowest BCUT2D eigenvalue weighted by Gasteiger charge is -2.09. The number of nitrogens with one attached hydrogen (secondary N) is 1. The molecule has 5 nitrogen and oxygen atoms in total. The molecule has 0 unspecified atom stereocenters. The van der Waals surface area contributed by atoms with Gasteiger partial charge in [0.1, 0.15) is 5.75 Å². The number of nitro benzene ring substituents is 1. The van der Waals surface area contributed by atoms with Crippen LogP contribution in [0, 0.1) is 10.1 Å². The Labute approximate surface area is 131 Å². The van der Waals surface area contributed by atoms with Crippen LogP contribution >= 0.6 is 15.9 Å². The summed E-state index contributed by atoms with van der Waals surface area (Å²) >= 11 is 3.29. The summed E-state index contributed by atoms with van der Waals surface area (Å²) in [6.45, 7) is 1.17. The van der Waals surface area contributed by atoms with Crippen molar-refractivity contribution in [1.82, 2.24) is 5.32 Å². The maximum absolute atomic E-state index is 10.8. The van der Waals surface area contributed by atoms with Crippen LogP contribution < -0.4 is 10.1 Å². The van der Waals surface area contributed by atoms with Gasteiger partial charge in [0, 0.05) is 35.3 Å². The van der Waals surface area contributed by atoms with Gasteiger partial charge in [-0.25, -0.2) is 0 Å². The smallest absolute Gasteiger partial charge is 0.270 e. The molecular weight excluding hydrogens is 336 g/mol. The number of nitrogens with zero attached hydrogens (tertiary/aromatic N) is 1. The van der Waals surface area contributed by atoms with Gasteiger partial charge in [0.25, 0.3) is 5.69 Å². The lowest BCUT2D eigenvalue weighted by atomic mass is 10.1. The second kappa shape index (κ2) is 7.19. The largest absolute Gasteiger partial charge is 0.496 e. The summed E-state index contributed by atoms with van der Waals surface area (Å²) in [6.07, 6.45) is 0. The Bertz CT molecular complexity index is 647. The third-order valence-corrected chi connectivity index (χ3v) is 3.45. The van der Waals surface area contributed by atoms with Crippen molar-refractivity contribution in [3.8, 4) is 5.75 Å². The van der Waals surface area contributed by atoms with E-state index in [0.29, 0.717) is 17.6 Å². The fraction of sp³-hybridized carbons (Fsp3) is 0.200. The van der Waals surface area contributed by atoms with E-state index in [1.165, 1.54) is 6.07 Å². The van der Waals surface area contributed by atoms with Crippen molar-refractivity contribution in [1.29, 1.82) is 0 Å². The van der Waals surface area contributed by atoms with E-state index in [2.05, 4.69) is 21.2 Å². The lowest BCUT2D eigenvalue weighted by Crippen LogP contribution is -2.13. The number of benzene rings is 2. The molecule has 0 aliphatic rings. The minimum atomic E-state index is -0.394. The van der Waals surface area contributed by atoms with Crippen LogP contribution in [0.15, 0.2) is 46.9 Å². The van der Waals surface area contributed by atoms with Crippen LogP contribution in [0.25, 0.3) is 0 Å². The van der Waals surface area contributed by atoms with E-state index in [-0.39, 0.29) is 5.69 Å². The van der Waals surface area contributed by atoms with Crippen LogP contribution in [0.2, 0.25) is 0 Å². The van der Waals surface area contributed by atoms with E-state index in [1.54, 1.807) is 13.2 Å². The van der Waals surface area contributed by atoms with Crippen molar-refractivity contribution in [3.05, 3.63) is 68.2 Å². The Balaban J connectivity index is 2.02. The number of methoxy groups -OCH3 is 1. The summed E-state index contributed by atoms with van der Waals surface area (Å²) in [7, 11) is 1.64. The molecule has 1 N–H and O–H groups in total. The monoisotopic (exact) mass is 350 g/mol. The SMILES string of the molecule is COc1ccccc1CNCc1cc(Br)cc([N+](=O)[O-])c1. The maximum Gasteiger partial charge on any atom is 0.270 e. The summed E-state index contributed by atoms with van der Waals surface area (Å²) in [5.41, 5.74) is 1.98. The van der Waals surface area contributed by atoms with E-state index in [0.717, 1.165) is 16.9 Å². The molecule has 0 heterocycles. The van der Waals surface area contributed by atoms with Crippen molar-refractivity contribution < 1.29 is 9.66 Å². The van der Waals surface area contributed by atoms with Crippen LogP contribution in [0.3, 0.4) is 0 Å². The van der Waals surface area contributed by atoms with Gasteiger partial charge in [-0.2, -0.15) is 0 Å². The highest BCUT2D eigenvalue weighted by atomic mass is 79.9. The fourth-order valence-corrected chi connectivity index (χ4v) is 2.56. The number of non-ortho nitro benzene ring substituents is 1. The number of nitro groups is 1. The Hall–Kier alpha value is -1.92. The molecule has 2 aromatic rings. The average Bonchev–Trinajstić information content (AvgIpc) is 2.47. The van der Waals surface area contributed by atoms with Crippen molar-refractivity contribution in [2.24, 2.45) is 0 Å². The highest BCUT2D eigenvalue weighted by Gasteiger charge is 2.08. The molecule has 0 spiro atoms. The van der Waals surface area contributed by atoms with Crippen LogP contribution in [-0.4, -0.2) is 12.0 Å². The van der Waals surface area contributed by atoms with Gasteiger partial charge in [-0.15, -0.1) is 0 Å². The van der Waals surface area contributed by atoms with E-state index in [4.69, 9.17) is 4.74 Å². The first-order valence-corrected chi connectivity index (χ1v) is 7.16. The zero-order valence-corrected chi connectivity index (χ0v) is 13.1. The van der Waals surface area contributed by atoms with Crippen LogP contribution in [0.4, 0.5) is 5.69 Å². The minimum Gasteiger partial charge on any atom is -0.496 e. The molecule has 0 saturated heterocycles. The Morgan fingerprint density at radius 3 is 2.71 bits per heavy atom. The first kappa shape index (κ1) is 15.5. The summed E-state index contributed by atoms with van der Waals surface area (Å²) in [5, 5.41) is 14.1. The maximum atomic E-state index is 10.8. The highest BCUT2D eigenvalue weighted by molar-refractivity contribution is 9.10. The molecule has 2 aromatic carbocycles. The molecular formula is C15H15BrN2O3. The Kier molecular flexibility index (Phi) is 5.30. The Morgan fingerprint density at radius 1 is 1.24 bits per heavy atom. The summed E-state index contributed by atoms with van der Waals surface area (Å²) in [6, 6.07) is 12.7. The molecule has 0 amide bonds. The predicted molar refractivity (Wildman–Crippen MR) is 84.3 cm³/mol. The molecule has 0 saturated carbocycles. The second-order valence-corrected chi connectivity index (χ2v) is 5.41. The fourth-order valence-electron chi connectivity index (χ4n) is 2.03. The zero-order chi connectivity index (χ0) is 15.2. The van der Waals surface area contributed by atoms with E-state index >= 15 is 0 Å². The van der Waals surface area contributed by atoms with Gasteiger partial charge < -0.3 is 10.1 Å². The normalized spacial score (nSPS) is 10.4. The number of rotatable bonds is 6. The second-order valence-electron chi connectivity index (χ2n) is 4.49. The van der Waals surface area contributed by atoms with E-state index in [1.807, 2.05) is 30.3 Å². The molecule has 0 fully saturated rings. The van der Waals surface area contributed by atoms with E-state index < -0.39 is 4.92 Å². The summed E-state index contributed by atoms with van der Waals surface area (Å²) in [4.78, 5) is 10.4. The standard InChI is InChI=1S/C15H15BrN2O3/c1-21-15-5-3-2-4-12(15)10-17-9-11-6-13(16)8-14(7-11)18(19)20/h2-8,17H,9-10H2,1H3. The van der Waals surface area contributed by atoms with Crippen LogP contribution in [0.1, 0.15) is 11.1 Å². The molecule has 0 aliphatic heterocycles. The average molecular weight is 351 g/mol. The molecule has 0 aromatic heterocycles. The molecule has 0 bridgehead atoms. The molecule has 110 valence electrons. The first-order chi connectivity index (χ1) is 10.1. The summed E-state index contributed by atoms with van der Waals surface area (Å²) in [5.74, 6) is 0.824. The Morgan fingerprint density at radius 2 is 2.00 bits per heavy atom. The predicted octanol–water partition coefficient (Wildman–Crippen LogP) is 3.66. The molecule has 0 atom stereocenters. The number of hydrogen-bond donors (Lipinski definition) is 1. The minimum absolute atomic E-state index is 0.0819. The molecule has 0 aliphatic carbocycles. The first-order valence-electron chi connectivity index (χ1n) is 6.36. The summed E-state index contributed by atoms with van der Waals surface area (Å²) < 4.78 is 5.98.